The molecule has 0 saturated heterocycles. The molecule has 6 heterocycles. The molecule has 0 bridgehead atoms. The SMILES string of the molecule is Cc1cc(-c2ccccc2)cc(C)c1-c1n[n+]2n(c1C)-c1cccc3c1C21c2c(cccc2-n2c4ccccc4c4ccc[n+]1c42)O3. The van der Waals surface area contributed by atoms with Crippen molar-refractivity contribution in [2.45, 2.75) is 26.4 Å². The third kappa shape index (κ3) is 2.82. The second kappa shape index (κ2) is 8.42. The zero-order valence-electron chi connectivity index (χ0n) is 26.2. The number of hydrogen-bond donors (Lipinski definition) is 0. The lowest BCUT2D eigenvalue weighted by atomic mass is 9.85. The van der Waals surface area contributed by atoms with E-state index in [0.29, 0.717) is 0 Å². The van der Waals surface area contributed by atoms with Crippen molar-refractivity contribution in [1.29, 1.82) is 0 Å². The van der Waals surface area contributed by atoms with Crippen molar-refractivity contribution in [1.82, 2.24) is 14.3 Å². The molecule has 1 unspecified atom stereocenters. The number of pyridine rings is 1. The van der Waals surface area contributed by atoms with Gasteiger partial charge in [0.05, 0.1) is 16.4 Å². The van der Waals surface area contributed by atoms with Crippen LogP contribution >= 0.6 is 0 Å². The Morgan fingerprint density at radius 1 is 0.660 bits per heavy atom. The van der Waals surface area contributed by atoms with E-state index >= 15 is 0 Å². The number of aromatic nitrogens is 5. The van der Waals surface area contributed by atoms with Crippen molar-refractivity contribution < 1.29 is 14.1 Å². The van der Waals surface area contributed by atoms with Crippen molar-refractivity contribution in [3.05, 3.63) is 149 Å². The summed E-state index contributed by atoms with van der Waals surface area (Å²) in [6.45, 7) is 6.63. The minimum absolute atomic E-state index is 0.797. The number of fused-ring (bicyclic) bond motifs is 6. The summed E-state index contributed by atoms with van der Waals surface area (Å²) in [6, 6.07) is 41.2. The molecular weight excluding hydrogens is 578 g/mol. The summed E-state index contributed by atoms with van der Waals surface area (Å²) in [5.74, 6) is 1.71. The zero-order chi connectivity index (χ0) is 31.2. The smallest absolute Gasteiger partial charge is 0.423 e. The van der Waals surface area contributed by atoms with E-state index in [4.69, 9.17) is 9.84 Å². The van der Waals surface area contributed by atoms with Gasteiger partial charge in [-0.3, -0.25) is 0 Å². The van der Waals surface area contributed by atoms with Crippen LogP contribution in [0.3, 0.4) is 0 Å². The first-order valence-corrected chi connectivity index (χ1v) is 16.2. The van der Waals surface area contributed by atoms with Gasteiger partial charge in [-0.25, -0.2) is 0 Å². The van der Waals surface area contributed by atoms with E-state index in [9.17, 15) is 0 Å². The van der Waals surface area contributed by atoms with Gasteiger partial charge < -0.3 is 4.74 Å². The van der Waals surface area contributed by atoms with Gasteiger partial charge in [0.15, 0.2) is 22.5 Å². The molecule has 3 aliphatic heterocycles. The number of rotatable bonds is 2. The first kappa shape index (κ1) is 25.2. The summed E-state index contributed by atoms with van der Waals surface area (Å²) in [5.41, 5.74) is 14.1. The molecular formula is C41H29N5O+2. The fourth-order valence-electron chi connectivity index (χ4n) is 8.83. The largest absolute Gasteiger partial charge is 0.456 e. The number of para-hydroxylation sites is 1. The number of benzene rings is 5. The highest BCUT2D eigenvalue weighted by Gasteiger charge is 2.70. The Kier molecular flexibility index (Phi) is 4.51. The second-order valence-corrected chi connectivity index (χ2v) is 13.0. The number of hydrogen-bond acceptors (Lipinski definition) is 2. The molecule has 0 radical (unpaired) electrons. The minimum atomic E-state index is -0.797. The molecule has 3 aromatic heterocycles. The quantitative estimate of drug-likeness (QED) is 0.188. The van der Waals surface area contributed by atoms with Crippen LogP contribution in [0.4, 0.5) is 0 Å². The Morgan fingerprint density at radius 3 is 2.13 bits per heavy atom. The predicted octanol–water partition coefficient (Wildman–Crippen LogP) is 7.83. The molecule has 6 heteroatoms. The van der Waals surface area contributed by atoms with Crippen LogP contribution in [0.15, 0.2) is 121 Å². The minimum Gasteiger partial charge on any atom is -0.456 e. The van der Waals surface area contributed by atoms with Gasteiger partial charge in [0, 0.05) is 16.0 Å². The third-order valence-corrected chi connectivity index (χ3v) is 10.6. The van der Waals surface area contributed by atoms with E-state index in [1.54, 1.807) is 0 Å². The van der Waals surface area contributed by atoms with Gasteiger partial charge in [0.25, 0.3) is 0 Å². The molecule has 0 N–H and O–H groups in total. The number of nitrogens with zero attached hydrogens (tertiary/aromatic N) is 5. The highest BCUT2D eigenvalue weighted by Crippen LogP contribution is 2.54. The Hall–Kier alpha value is -6.01. The first-order chi connectivity index (χ1) is 23.1. The Morgan fingerprint density at radius 2 is 1.34 bits per heavy atom. The van der Waals surface area contributed by atoms with Gasteiger partial charge in [-0.1, -0.05) is 71.4 Å². The maximum Gasteiger partial charge on any atom is 0.423 e. The number of ether oxygens (including phenoxy) is 1. The Bertz CT molecular complexity index is 2680. The van der Waals surface area contributed by atoms with Crippen LogP contribution in [0, 0.1) is 20.8 Å². The van der Waals surface area contributed by atoms with Crippen LogP contribution < -0.4 is 14.1 Å². The van der Waals surface area contributed by atoms with Crippen LogP contribution in [0.1, 0.15) is 27.9 Å². The molecule has 0 aliphatic carbocycles. The van der Waals surface area contributed by atoms with Gasteiger partial charge in [-0.2, -0.15) is 9.13 Å². The lowest BCUT2D eigenvalue weighted by Crippen LogP contribution is -2.77. The molecule has 6 nitrogen and oxygen atoms in total. The summed E-state index contributed by atoms with van der Waals surface area (Å²) in [4.78, 5) is 2.24. The highest BCUT2D eigenvalue weighted by molar-refractivity contribution is 6.07. The van der Waals surface area contributed by atoms with Gasteiger partial charge in [-0.15, -0.1) is 0 Å². The molecule has 0 amide bonds. The summed E-state index contributed by atoms with van der Waals surface area (Å²) < 4.78 is 13.9. The summed E-state index contributed by atoms with van der Waals surface area (Å²) >= 11 is 0. The summed E-state index contributed by atoms with van der Waals surface area (Å²) in [6.07, 6.45) is 2.22. The third-order valence-electron chi connectivity index (χ3n) is 10.6. The van der Waals surface area contributed by atoms with Crippen molar-refractivity contribution in [2.75, 3.05) is 0 Å². The molecule has 1 spiro atoms. The molecule has 11 rings (SSSR count). The molecule has 222 valence electrons. The van der Waals surface area contributed by atoms with E-state index < -0.39 is 5.66 Å². The van der Waals surface area contributed by atoms with Gasteiger partial charge in [0.2, 0.25) is 0 Å². The monoisotopic (exact) mass is 607 g/mol. The van der Waals surface area contributed by atoms with Crippen LogP contribution in [0.5, 0.6) is 11.5 Å². The van der Waals surface area contributed by atoms with E-state index in [0.717, 1.165) is 51.0 Å². The molecule has 1 atom stereocenters. The van der Waals surface area contributed by atoms with Gasteiger partial charge in [0.1, 0.15) is 28.4 Å². The average Bonchev–Trinajstić information content (AvgIpc) is 3.72. The fourth-order valence-corrected chi connectivity index (χ4v) is 8.83. The standard InChI is InChI=1S/C41H29N5O/c1-24-22-28(27-12-5-4-6-13-27)23-25(2)36(24)39-26(3)45-33-18-10-20-35-38(33)41(46(45)42-39)37-32(17-9-19-34(37)47-35)44-31-16-8-7-14-29(31)30-15-11-21-43(41)40(30)44/h4-23H,1-3H3/q+2. The molecule has 47 heavy (non-hydrogen) atoms. The van der Waals surface area contributed by atoms with E-state index in [-0.39, 0.29) is 0 Å². The predicted molar refractivity (Wildman–Crippen MR) is 181 cm³/mol. The average molecular weight is 608 g/mol. The van der Waals surface area contributed by atoms with Crippen molar-refractivity contribution in [3.63, 3.8) is 0 Å². The molecule has 0 fully saturated rings. The summed E-state index contributed by atoms with van der Waals surface area (Å²) in [7, 11) is 0. The molecule has 5 aromatic carbocycles. The van der Waals surface area contributed by atoms with Crippen LogP contribution in [-0.2, 0) is 5.66 Å². The topological polar surface area (TPSA) is 39.7 Å². The number of aryl methyl sites for hydroxylation is 2. The van der Waals surface area contributed by atoms with Crippen LogP contribution in [0.25, 0.3) is 55.7 Å². The summed E-state index contributed by atoms with van der Waals surface area (Å²) in [5, 5.41) is 8.09. The highest BCUT2D eigenvalue weighted by atomic mass is 16.5. The van der Waals surface area contributed by atoms with Crippen molar-refractivity contribution in [3.8, 4) is 45.3 Å². The first-order valence-electron chi connectivity index (χ1n) is 16.2. The van der Waals surface area contributed by atoms with E-state index in [1.807, 2.05) is 0 Å². The van der Waals surface area contributed by atoms with Gasteiger partial charge >= 0.3 is 11.3 Å². The Labute approximate surface area is 270 Å². The Balaban J connectivity index is 1.28. The van der Waals surface area contributed by atoms with E-state index in [1.165, 1.54) is 44.1 Å². The van der Waals surface area contributed by atoms with E-state index in [2.05, 4.69) is 161 Å². The maximum absolute atomic E-state index is 6.78. The van der Waals surface area contributed by atoms with Crippen molar-refractivity contribution >= 4 is 21.9 Å². The maximum atomic E-state index is 6.78. The normalized spacial score (nSPS) is 16.2. The lowest BCUT2D eigenvalue weighted by Gasteiger charge is -2.31. The molecule has 0 saturated carbocycles. The van der Waals surface area contributed by atoms with Crippen molar-refractivity contribution in [2.24, 2.45) is 0 Å². The van der Waals surface area contributed by atoms with Gasteiger partial charge in [-0.05, 0) is 91.6 Å². The zero-order valence-corrected chi connectivity index (χ0v) is 26.2. The molecule has 8 aromatic rings. The second-order valence-electron chi connectivity index (χ2n) is 13.0. The lowest BCUT2D eigenvalue weighted by molar-refractivity contribution is -1.01. The fraction of sp³-hybridized carbons (Fsp3) is 0.0976. The van der Waals surface area contributed by atoms with Crippen LogP contribution in [-0.4, -0.2) is 14.3 Å². The van der Waals surface area contributed by atoms with Crippen LogP contribution in [0.2, 0.25) is 0 Å². The molecule has 3 aliphatic rings.